The Kier molecular flexibility index (Phi) is 3.79. The highest BCUT2D eigenvalue weighted by Gasteiger charge is 2.25. The molecule has 0 atom stereocenters. The highest BCUT2D eigenvalue weighted by molar-refractivity contribution is 9.10. The maximum Gasteiger partial charge on any atom is 0.133 e. The van der Waals surface area contributed by atoms with Crippen molar-refractivity contribution in [2.45, 2.75) is 6.42 Å². The highest BCUT2D eigenvalue weighted by Crippen LogP contribution is 2.36. The van der Waals surface area contributed by atoms with E-state index in [0.717, 1.165) is 40.2 Å². The number of nitrogens with zero attached hydrogens (tertiary/aromatic N) is 3. The SMILES string of the molecule is Clc1ccc(-n2nc(-c3cncc(Br)c3)c3c2NCC3)c(Cl)c1. The first-order valence-electron chi connectivity index (χ1n) is 7.05. The Balaban J connectivity index is 1.91. The lowest BCUT2D eigenvalue weighted by atomic mass is 10.1. The van der Waals surface area contributed by atoms with Gasteiger partial charge in [0, 0.05) is 39.6 Å². The first-order valence-corrected chi connectivity index (χ1v) is 8.60. The van der Waals surface area contributed by atoms with E-state index in [1.165, 1.54) is 5.56 Å². The molecule has 1 aromatic carbocycles. The molecule has 1 aliphatic rings. The van der Waals surface area contributed by atoms with E-state index in [1.54, 1.807) is 12.3 Å². The van der Waals surface area contributed by atoms with Gasteiger partial charge in [0.25, 0.3) is 0 Å². The number of nitrogens with one attached hydrogen (secondary N) is 1. The lowest BCUT2D eigenvalue weighted by Gasteiger charge is -2.08. The Hall–Kier alpha value is -1.56. The zero-order valence-electron chi connectivity index (χ0n) is 11.9. The molecule has 0 aliphatic carbocycles. The van der Waals surface area contributed by atoms with Crippen LogP contribution in [0.25, 0.3) is 16.9 Å². The Morgan fingerprint density at radius 1 is 1.17 bits per heavy atom. The fourth-order valence-corrected chi connectivity index (χ4v) is 3.63. The molecule has 23 heavy (non-hydrogen) atoms. The smallest absolute Gasteiger partial charge is 0.133 e. The number of aromatic nitrogens is 3. The van der Waals surface area contributed by atoms with Crippen molar-refractivity contribution < 1.29 is 0 Å². The molecule has 2 aromatic heterocycles. The largest absolute Gasteiger partial charge is 0.369 e. The van der Waals surface area contributed by atoms with Crippen molar-refractivity contribution in [3.8, 4) is 16.9 Å². The molecule has 4 nitrogen and oxygen atoms in total. The summed E-state index contributed by atoms with van der Waals surface area (Å²) in [6.45, 7) is 0.882. The van der Waals surface area contributed by atoms with E-state index in [1.807, 2.05) is 29.1 Å². The van der Waals surface area contributed by atoms with E-state index in [0.29, 0.717) is 10.0 Å². The number of pyridine rings is 1. The summed E-state index contributed by atoms with van der Waals surface area (Å²) in [7, 11) is 0. The molecule has 0 unspecified atom stereocenters. The minimum absolute atomic E-state index is 0.565. The molecule has 7 heteroatoms. The number of hydrogen-bond acceptors (Lipinski definition) is 3. The van der Waals surface area contributed by atoms with Gasteiger partial charge in [0.2, 0.25) is 0 Å². The van der Waals surface area contributed by atoms with Crippen molar-refractivity contribution in [2.75, 3.05) is 11.9 Å². The van der Waals surface area contributed by atoms with Gasteiger partial charge >= 0.3 is 0 Å². The van der Waals surface area contributed by atoms with Gasteiger partial charge in [-0.15, -0.1) is 0 Å². The van der Waals surface area contributed by atoms with Gasteiger partial charge in [-0.2, -0.15) is 5.10 Å². The second-order valence-electron chi connectivity index (χ2n) is 5.25. The third-order valence-corrected chi connectivity index (χ3v) is 4.74. The Bertz CT molecular complexity index is 907. The number of anilines is 1. The van der Waals surface area contributed by atoms with Crippen molar-refractivity contribution >= 4 is 44.9 Å². The fourth-order valence-electron chi connectivity index (χ4n) is 2.78. The monoisotopic (exact) mass is 408 g/mol. The molecular formula is C16H11BrCl2N4. The van der Waals surface area contributed by atoms with Crippen molar-refractivity contribution in [1.82, 2.24) is 14.8 Å². The summed E-state index contributed by atoms with van der Waals surface area (Å²) in [6.07, 6.45) is 4.50. The molecular weight excluding hydrogens is 399 g/mol. The van der Waals surface area contributed by atoms with Crippen LogP contribution in [0.3, 0.4) is 0 Å². The van der Waals surface area contributed by atoms with E-state index < -0.39 is 0 Å². The van der Waals surface area contributed by atoms with Gasteiger partial charge in [-0.25, -0.2) is 4.68 Å². The van der Waals surface area contributed by atoms with E-state index in [9.17, 15) is 0 Å². The maximum absolute atomic E-state index is 6.35. The molecule has 1 aliphatic heterocycles. The number of hydrogen-bond donors (Lipinski definition) is 1. The maximum atomic E-state index is 6.35. The number of benzene rings is 1. The van der Waals surface area contributed by atoms with E-state index in [4.69, 9.17) is 28.3 Å². The van der Waals surface area contributed by atoms with Crippen LogP contribution in [0.5, 0.6) is 0 Å². The molecule has 4 rings (SSSR count). The van der Waals surface area contributed by atoms with Crippen LogP contribution in [0.4, 0.5) is 5.82 Å². The lowest BCUT2D eigenvalue weighted by molar-refractivity contribution is 0.882. The highest BCUT2D eigenvalue weighted by atomic mass is 79.9. The van der Waals surface area contributed by atoms with Gasteiger partial charge < -0.3 is 5.32 Å². The van der Waals surface area contributed by atoms with Gasteiger partial charge in [-0.05, 0) is 46.6 Å². The van der Waals surface area contributed by atoms with E-state index in [-0.39, 0.29) is 0 Å². The van der Waals surface area contributed by atoms with E-state index >= 15 is 0 Å². The normalized spacial score (nSPS) is 13.0. The lowest BCUT2D eigenvalue weighted by Crippen LogP contribution is -2.04. The van der Waals surface area contributed by atoms with Crippen LogP contribution in [-0.2, 0) is 6.42 Å². The van der Waals surface area contributed by atoms with Crippen molar-refractivity contribution in [3.63, 3.8) is 0 Å². The molecule has 116 valence electrons. The van der Waals surface area contributed by atoms with E-state index in [2.05, 4.69) is 26.2 Å². The molecule has 3 aromatic rings. The zero-order chi connectivity index (χ0) is 16.0. The Morgan fingerprint density at radius 2 is 2.04 bits per heavy atom. The fraction of sp³-hybridized carbons (Fsp3) is 0.125. The van der Waals surface area contributed by atoms with Crippen molar-refractivity contribution in [2.24, 2.45) is 0 Å². The second kappa shape index (κ2) is 5.82. The van der Waals surface area contributed by atoms with Crippen LogP contribution >= 0.6 is 39.1 Å². The van der Waals surface area contributed by atoms with Crippen LogP contribution in [0.15, 0.2) is 41.1 Å². The van der Waals surface area contributed by atoms with Crippen LogP contribution in [0, 0.1) is 0 Å². The molecule has 0 radical (unpaired) electrons. The topological polar surface area (TPSA) is 42.7 Å². The third-order valence-electron chi connectivity index (χ3n) is 3.77. The van der Waals surface area contributed by atoms with Gasteiger partial charge in [-0.1, -0.05) is 23.2 Å². The van der Waals surface area contributed by atoms with Crippen LogP contribution in [-0.4, -0.2) is 21.3 Å². The van der Waals surface area contributed by atoms with Crippen LogP contribution < -0.4 is 5.32 Å². The number of fused-ring (bicyclic) bond motifs is 1. The summed E-state index contributed by atoms with van der Waals surface area (Å²) < 4.78 is 2.77. The molecule has 3 heterocycles. The van der Waals surface area contributed by atoms with Crippen molar-refractivity contribution in [1.29, 1.82) is 0 Å². The second-order valence-corrected chi connectivity index (χ2v) is 7.01. The summed E-state index contributed by atoms with van der Waals surface area (Å²) in [5.74, 6) is 0.976. The van der Waals surface area contributed by atoms with Gasteiger partial charge in [0.15, 0.2) is 0 Å². The molecule has 0 saturated heterocycles. The number of rotatable bonds is 2. The predicted octanol–water partition coefficient (Wildman–Crippen LogP) is 4.97. The van der Waals surface area contributed by atoms with Crippen LogP contribution in [0.1, 0.15) is 5.56 Å². The Labute approximate surface area is 151 Å². The minimum Gasteiger partial charge on any atom is -0.369 e. The molecule has 0 bridgehead atoms. The summed E-state index contributed by atoms with van der Waals surface area (Å²) in [5, 5.41) is 9.33. The molecule has 0 spiro atoms. The minimum atomic E-state index is 0.565. The summed E-state index contributed by atoms with van der Waals surface area (Å²) in [6, 6.07) is 7.43. The molecule has 0 fully saturated rings. The van der Waals surface area contributed by atoms with Crippen molar-refractivity contribution in [3.05, 3.63) is 56.7 Å². The number of halogens is 3. The predicted molar refractivity (Wildman–Crippen MR) is 96.7 cm³/mol. The van der Waals surface area contributed by atoms with Gasteiger partial charge in [-0.3, -0.25) is 4.98 Å². The quantitative estimate of drug-likeness (QED) is 0.649. The molecule has 1 N–H and O–H groups in total. The van der Waals surface area contributed by atoms with Gasteiger partial charge in [0.05, 0.1) is 16.4 Å². The summed E-state index contributed by atoms with van der Waals surface area (Å²) >= 11 is 15.8. The molecule has 0 saturated carbocycles. The summed E-state index contributed by atoms with van der Waals surface area (Å²) in [5.41, 5.74) is 3.87. The average Bonchev–Trinajstić information content (AvgIpc) is 3.10. The zero-order valence-corrected chi connectivity index (χ0v) is 15.0. The first kappa shape index (κ1) is 15.0. The average molecular weight is 410 g/mol. The van der Waals surface area contributed by atoms with Gasteiger partial charge in [0.1, 0.15) is 5.82 Å². The summed E-state index contributed by atoms with van der Waals surface area (Å²) in [4.78, 5) is 4.24. The molecule has 0 amide bonds. The standard InChI is InChI=1S/C16H11BrCl2N4/c17-10-5-9(7-20-8-10)15-12-3-4-21-16(12)23(22-15)14-2-1-11(18)6-13(14)19/h1-2,5-8,21H,3-4H2. The van der Waals surface area contributed by atoms with Crippen LogP contribution in [0.2, 0.25) is 10.0 Å². The Morgan fingerprint density at radius 3 is 2.83 bits per heavy atom. The third kappa shape index (κ3) is 2.63. The first-order chi connectivity index (χ1) is 11.1.